The fraction of sp³-hybridized carbons (Fsp3) is 0.211. The van der Waals surface area contributed by atoms with Gasteiger partial charge in [-0.3, -0.25) is 8.61 Å². The molecule has 50 heavy (non-hydrogen) atoms. The number of anilines is 2. The summed E-state index contributed by atoms with van der Waals surface area (Å²) in [6, 6.07) is 36.6. The summed E-state index contributed by atoms with van der Waals surface area (Å²) in [5.41, 5.74) is 2.68. The van der Waals surface area contributed by atoms with Gasteiger partial charge in [-0.1, -0.05) is 71.8 Å². The van der Waals surface area contributed by atoms with Crippen LogP contribution in [0.1, 0.15) is 11.1 Å². The summed E-state index contributed by atoms with van der Waals surface area (Å²) >= 11 is 0. The van der Waals surface area contributed by atoms with Crippen molar-refractivity contribution in [1.82, 2.24) is 0 Å². The molecule has 262 valence electrons. The number of rotatable bonds is 16. The summed E-state index contributed by atoms with van der Waals surface area (Å²) in [5, 5.41) is 21.7. The number of aliphatic hydroxyl groups excluding tert-OH is 2. The van der Waals surface area contributed by atoms with Gasteiger partial charge in [-0.15, -0.1) is 0 Å². The van der Waals surface area contributed by atoms with E-state index < -0.39 is 32.3 Å². The SMILES string of the molecule is Cc1ccc(S(=O)(=O)N(CC(O)COc2ccc(OCC(O)CN(c3ccccc3)S(=O)(=O)c3ccc(C)cc3)cc2)c2ccccc2)cc1. The van der Waals surface area contributed by atoms with E-state index in [0.717, 1.165) is 11.1 Å². The second-order valence-corrected chi connectivity index (χ2v) is 15.5. The van der Waals surface area contributed by atoms with Crippen molar-refractivity contribution in [2.75, 3.05) is 34.9 Å². The Morgan fingerprint density at radius 2 is 0.820 bits per heavy atom. The molecule has 0 saturated heterocycles. The Hall–Kier alpha value is -4.88. The summed E-state index contributed by atoms with van der Waals surface area (Å²) in [6.07, 6.45) is -2.32. The molecule has 5 rings (SSSR count). The molecule has 0 amide bonds. The maximum Gasteiger partial charge on any atom is 0.264 e. The first-order valence-corrected chi connectivity index (χ1v) is 18.8. The number of nitrogens with zero attached hydrogens (tertiary/aromatic N) is 2. The number of para-hydroxylation sites is 2. The highest BCUT2D eigenvalue weighted by Crippen LogP contribution is 2.26. The molecule has 0 bridgehead atoms. The predicted octanol–water partition coefficient (Wildman–Crippen LogP) is 5.57. The molecule has 0 aliphatic rings. The number of ether oxygens (including phenoxy) is 2. The summed E-state index contributed by atoms with van der Waals surface area (Å²) in [5.74, 6) is 0.813. The lowest BCUT2D eigenvalue weighted by Crippen LogP contribution is -2.40. The van der Waals surface area contributed by atoms with Gasteiger partial charge < -0.3 is 19.7 Å². The molecule has 10 nitrogen and oxygen atoms in total. The molecule has 0 fully saturated rings. The third-order valence-electron chi connectivity index (χ3n) is 7.77. The first-order valence-electron chi connectivity index (χ1n) is 15.9. The van der Waals surface area contributed by atoms with Gasteiger partial charge >= 0.3 is 0 Å². The Morgan fingerprint density at radius 1 is 0.500 bits per heavy atom. The number of hydrogen-bond acceptors (Lipinski definition) is 8. The third kappa shape index (κ3) is 9.21. The highest BCUT2D eigenvalue weighted by molar-refractivity contribution is 7.93. The van der Waals surface area contributed by atoms with E-state index in [1.165, 1.54) is 8.61 Å². The van der Waals surface area contributed by atoms with Gasteiger partial charge in [0.1, 0.15) is 36.9 Å². The van der Waals surface area contributed by atoms with Gasteiger partial charge in [0.15, 0.2) is 0 Å². The second kappa shape index (κ2) is 16.2. The summed E-state index contributed by atoms with van der Waals surface area (Å²) in [7, 11) is -7.94. The number of aryl methyl sites for hydroxylation is 2. The van der Waals surface area contributed by atoms with E-state index >= 15 is 0 Å². The molecule has 5 aromatic rings. The van der Waals surface area contributed by atoms with Crippen LogP contribution in [-0.4, -0.2) is 65.6 Å². The molecule has 0 spiro atoms. The van der Waals surface area contributed by atoms with Crippen molar-refractivity contribution >= 4 is 31.4 Å². The van der Waals surface area contributed by atoms with Gasteiger partial charge in [-0.2, -0.15) is 0 Å². The molecule has 0 aliphatic heterocycles. The van der Waals surface area contributed by atoms with Crippen molar-refractivity contribution in [2.24, 2.45) is 0 Å². The van der Waals surface area contributed by atoms with Crippen LogP contribution in [0.2, 0.25) is 0 Å². The first-order chi connectivity index (χ1) is 23.9. The van der Waals surface area contributed by atoms with Crippen molar-refractivity contribution in [1.29, 1.82) is 0 Å². The largest absolute Gasteiger partial charge is 0.491 e. The molecule has 5 aromatic carbocycles. The van der Waals surface area contributed by atoms with Crippen LogP contribution >= 0.6 is 0 Å². The lowest BCUT2D eigenvalue weighted by Gasteiger charge is -2.27. The van der Waals surface area contributed by atoms with Crippen molar-refractivity contribution in [3.63, 3.8) is 0 Å². The lowest BCUT2D eigenvalue weighted by molar-refractivity contribution is 0.113. The number of hydrogen-bond donors (Lipinski definition) is 2. The number of aliphatic hydroxyl groups is 2. The summed E-state index contributed by atoms with van der Waals surface area (Å²) < 4.78 is 68.1. The fourth-order valence-corrected chi connectivity index (χ4v) is 8.06. The average molecular weight is 717 g/mol. The van der Waals surface area contributed by atoms with Crippen LogP contribution < -0.4 is 18.1 Å². The van der Waals surface area contributed by atoms with Crippen molar-refractivity contribution < 1.29 is 36.5 Å². The van der Waals surface area contributed by atoms with Crippen molar-refractivity contribution in [3.8, 4) is 11.5 Å². The van der Waals surface area contributed by atoms with Crippen LogP contribution in [0.5, 0.6) is 11.5 Å². The number of sulfonamides is 2. The Kier molecular flexibility index (Phi) is 11.8. The normalized spacial score (nSPS) is 12.9. The second-order valence-electron chi connectivity index (χ2n) is 11.8. The van der Waals surface area contributed by atoms with Crippen LogP contribution in [0.15, 0.2) is 143 Å². The van der Waals surface area contributed by atoms with E-state index in [0.29, 0.717) is 22.9 Å². The molecule has 0 radical (unpaired) electrons. The molecular weight excluding hydrogens is 677 g/mol. The molecule has 2 unspecified atom stereocenters. The number of benzene rings is 5. The van der Waals surface area contributed by atoms with E-state index in [-0.39, 0.29) is 36.1 Å². The zero-order valence-electron chi connectivity index (χ0n) is 27.7. The molecule has 2 atom stereocenters. The van der Waals surface area contributed by atoms with Gasteiger partial charge in [0.25, 0.3) is 20.0 Å². The van der Waals surface area contributed by atoms with Crippen LogP contribution in [0.25, 0.3) is 0 Å². The smallest absolute Gasteiger partial charge is 0.264 e. The minimum Gasteiger partial charge on any atom is -0.491 e. The van der Waals surface area contributed by atoms with Crippen LogP contribution in [0, 0.1) is 13.8 Å². The Morgan fingerprint density at radius 3 is 1.14 bits per heavy atom. The van der Waals surface area contributed by atoms with Gasteiger partial charge in [0, 0.05) is 0 Å². The fourth-order valence-electron chi connectivity index (χ4n) is 5.05. The topological polar surface area (TPSA) is 134 Å². The van der Waals surface area contributed by atoms with Crippen molar-refractivity contribution in [3.05, 3.63) is 145 Å². The Bertz CT molecular complexity index is 1880. The molecule has 12 heteroatoms. The van der Waals surface area contributed by atoms with E-state index in [9.17, 15) is 27.0 Å². The minimum absolute atomic E-state index is 0.112. The maximum absolute atomic E-state index is 13.6. The quantitative estimate of drug-likeness (QED) is 0.135. The zero-order chi connectivity index (χ0) is 35.7. The van der Waals surface area contributed by atoms with Gasteiger partial charge in [-0.25, -0.2) is 16.8 Å². The van der Waals surface area contributed by atoms with E-state index in [1.807, 2.05) is 13.8 Å². The molecule has 2 N–H and O–H groups in total. The molecule has 0 aromatic heterocycles. The van der Waals surface area contributed by atoms with Gasteiger partial charge in [0.2, 0.25) is 0 Å². The van der Waals surface area contributed by atoms with Gasteiger partial charge in [-0.05, 0) is 86.6 Å². The summed E-state index contributed by atoms with van der Waals surface area (Å²) in [4.78, 5) is 0.225. The minimum atomic E-state index is -3.97. The predicted molar refractivity (Wildman–Crippen MR) is 194 cm³/mol. The van der Waals surface area contributed by atoms with Gasteiger partial charge in [0.05, 0.1) is 34.3 Å². The van der Waals surface area contributed by atoms with Crippen LogP contribution in [-0.2, 0) is 20.0 Å². The monoisotopic (exact) mass is 716 g/mol. The molecule has 0 aliphatic carbocycles. The average Bonchev–Trinajstić information content (AvgIpc) is 3.12. The zero-order valence-corrected chi connectivity index (χ0v) is 29.4. The van der Waals surface area contributed by atoms with E-state index in [2.05, 4.69) is 0 Å². The molecule has 0 saturated carbocycles. The highest BCUT2D eigenvalue weighted by atomic mass is 32.2. The highest BCUT2D eigenvalue weighted by Gasteiger charge is 2.29. The van der Waals surface area contributed by atoms with E-state index in [1.54, 1.807) is 133 Å². The Balaban J connectivity index is 1.18. The standard InChI is InChI=1S/C38H40N2O8S2/c1-29-13-21-37(22-14-29)49(43,44)39(31-9-5-3-6-10-31)25-33(41)27-47-35-17-19-36(20-18-35)48-28-34(42)26-40(32-11-7-4-8-12-32)50(45,46)38-23-15-30(2)16-24-38/h3-24,33-34,41-42H,25-28H2,1-2H3. The maximum atomic E-state index is 13.6. The first kappa shape index (κ1) is 36.4. The van der Waals surface area contributed by atoms with Crippen molar-refractivity contribution in [2.45, 2.75) is 35.8 Å². The summed E-state index contributed by atoms with van der Waals surface area (Å²) in [6.45, 7) is 2.90. The van der Waals surface area contributed by atoms with Crippen LogP contribution in [0.4, 0.5) is 11.4 Å². The van der Waals surface area contributed by atoms with E-state index in [4.69, 9.17) is 9.47 Å². The molecule has 0 heterocycles. The Labute approximate surface area is 293 Å². The van der Waals surface area contributed by atoms with Crippen LogP contribution in [0.3, 0.4) is 0 Å². The molecular formula is C38H40N2O8S2. The lowest BCUT2D eigenvalue weighted by atomic mass is 10.2. The third-order valence-corrected chi connectivity index (χ3v) is 11.4.